The molecular weight excluding hydrogens is 353 g/mol. The summed E-state index contributed by atoms with van der Waals surface area (Å²) in [5.41, 5.74) is 0.272. The highest BCUT2D eigenvalue weighted by Gasteiger charge is 2.34. The van der Waals surface area contributed by atoms with E-state index in [0.29, 0.717) is 29.5 Å². The minimum Gasteiger partial charge on any atom is -0.497 e. The van der Waals surface area contributed by atoms with Crippen LogP contribution in [-0.4, -0.2) is 7.11 Å². The van der Waals surface area contributed by atoms with Gasteiger partial charge >= 0.3 is 6.11 Å². The van der Waals surface area contributed by atoms with Crippen LogP contribution in [0, 0.1) is 5.82 Å². The summed E-state index contributed by atoms with van der Waals surface area (Å²) in [5.74, 6) is 0.0629. The number of methoxy groups -OCH3 is 1. The lowest BCUT2D eigenvalue weighted by Crippen LogP contribution is -2.21. The van der Waals surface area contributed by atoms with E-state index >= 15 is 0 Å². The quantitative estimate of drug-likeness (QED) is 0.458. The molecule has 5 heteroatoms. The lowest BCUT2D eigenvalue weighted by Gasteiger charge is -2.19. The summed E-state index contributed by atoms with van der Waals surface area (Å²) in [6.45, 7) is 3.63. The number of alkyl halides is 2. The zero-order valence-electron chi connectivity index (χ0n) is 14.8. The van der Waals surface area contributed by atoms with E-state index in [2.05, 4.69) is 6.58 Å². The molecule has 0 heterocycles. The van der Waals surface area contributed by atoms with Crippen LogP contribution in [0.3, 0.4) is 0 Å². The van der Waals surface area contributed by atoms with Gasteiger partial charge in [-0.15, -0.1) is 6.58 Å². The molecule has 0 fully saturated rings. The molecule has 0 aliphatic carbocycles. The minimum absolute atomic E-state index is 0.0402. The maximum Gasteiger partial charge on any atom is 0.426 e. The molecule has 3 aromatic carbocycles. The molecule has 0 aliphatic rings. The lowest BCUT2D eigenvalue weighted by molar-refractivity contribution is -0.185. The normalized spacial score (nSPS) is 11.4. The number of benzene rings is 3. The van der Waals surface area contributed by atoms with E-state index < -0.39 is 6.11 Å². The Balaban J connectivity index is 1.86. The third-order valence-electron chi connectivity index (χ3n) is 4.27. The largest absolute Gasteiger partial charge is 0.497 e. The molecule has 0 N–H and O–H groups in total. The zero-order chi connectivity index (χ0) is 19.4. The molecule has 3 aromatic rings. The Morgan fingerprint density at radius 2 is 1.67 bits per heavy atom. The van der Waals surface area contributed by atoms with Crippen molar-refractivity contribution in [2.45, 2.75) is 19.0 Å². The Hall–Kier alpha value is -2.95. The molecule has 2 nitrogen and oxygen atoms in total. The number of halogens is 3. The maximum atomic E-state index is 14.4. The predicted octanol–water partition coefficient (Wildman–Crippen LogP) is 6.23. The Bertz CT molecular complexity index is 950. The smallest absolute Gasteiger partial charge is 0.426 e. The Kier molecular flexibility index (Phi) is 5.40. The molecule has 3 rings (SSSR count). The fraction of sp³-hybridized carbons (Fsp3) is 0.182. The third kappa shape index (κ3) is 4.25. The molecule has 0 aromatic heterocycles. The molecule has 0 bridgehead atoms. The highest BCUT2D eigenvalue weighted by atomic mass is 19.3. The van der Waals surface area contributed by atoms with Crippen molar-refractivity contribution in [1.82, 2.24) is 0 Å². The Labute approximate surface area is 155 Å². The minimum atomic E-state index is -3.53. The van der Waals surface area contributed by atoms with Gasteiger partial charge in [0.15, 0.2) is 0 Å². The average molecular weight is 372 g/mol. The van der Waals surface area contributed by atoms with E-state index in [1.54, 1.807) is 18.2 Å². The molecule has 0 spiro atoms. The fourth-order valence-electron chi connectivity index (χ4n) is 2.80. The number of aryl methyl sites for hydroxylation is 1. The maximum absolute atomic E-state index is 14.4. The number of fused-ring (bicyclic) bond motifs is 1. The molecule has 0 amide bonds. The Morgan fingerprint density at radius 3 is 2.33 bits per heavy atom. The van der Waals surface area contributed by atoms with Crippen molar-refractivity contribution in [3.63, 3.8) is 0 Å². The first-order valence-electron chi connectivity index (χ1n) is 8.47. The van der Waals surface area contributed by atoms with Crippen LogP contribution >= 0.6 is 0 Å². The van der Waals surface area contributed by atoms with Crippen molar-refractivity contribution in [3.05, 3.63) is 84.2 Å². The third-order valence-corrected chi connectivity index (χ3v) is 4.27. The first-order chi connectivity index (χ1) is 12.9. The number of allylic oxidation sites excluding steroid dienone is 1. The fourth-order valence-corrected chi connectivity index (χ4v) is 2.80. The van der Waals surface area contributed by atoms with Crippen molar-refractivity contribution in [2.24, 2.45) is 0 Å². The Morgan fingerprint density at radius 1 is 0.963 bits per heavy atom. The van der Waals surface area contributed by atoms with E-state index in [1.807, 2.05) is 0 Å². The van der Waals surface area contributed by atoms with Crippen molar-refractivity contribution in [2.75, 3.05) is 7.11 Å². The van der Waals surface area contributed by atoms with Crippen molar-refractivity contribution >= 4 is 10.8 Å². The van der Waals surface area contributed by atoms with Gasteiger partial charge in [-0.2, -0.15) is 8.78 Å². The monoisotopic (exact) mass is 372 g/mol. The van der Waals surface area contributed by atoms with E-state index in [9.17, 15) is 13.2 Å². The van der Waals surface area contributed by atoms with Crippen LogP contribution in [0.5, 0.6) is 11.5 Å². The summed E-state index contributed by atoms with van der Waals surface area (Å²) in [6.07, 6.45) is -0.596. The molecule has 0 unspecified atom stereocenters. The molecule has 0 radical (unpaired) electrons. The summed E-state index contributed by atoms with van der Waals surface area (Å²) < 4.78 is 52.9. The molecule has 27 heavy (non-hydrogen) atoms. The van der Waals surface area contributed by atoms with Crippen LogP contribution in [0.25, 0.3) is 10.8 Å². The highest BCUT2D eigenvalue weighted by molar-refractivity contribution is 5.84. The number of hydrogen-bond donors (Lipinski definition) is 0. The van der Waals surface area contributed by atoms with Gasteiger partial charge in [-0.05, 0) is 77.7 Å². The predicted molar refractivity (Wildman–Crippen MR) is 99.9 cm³/mol. The summed E-state index contributed by atoms with van der Waals surface area (Å²) >= 11 is 0. The molecule has 0 saturated carbocycles. The van der Waals surface area contributed by atoms with E-state index in [1.165, 1.54) is 49.6 Å². The summed E-state index contributed by atoms with van der Waals surface area (Å²) in [4.78, 5) is 0. The van der Waals surface area contributed by atoms with Gasteiger partial charge in [0.05, 0.1) is 12.7 Å². The first kappa shape index (κ1) is 18.8. The molecule has 140 valence electrons. The van der Waals surface area contributed by atoms with Gasteiger partial charge in [0.2, 0.25) is 0 Å². The average Bonchev–Trinajstić information content (AvgIpc) is 2.66. The number of hydrogen-bond acceptors (Lipinski definition) is 2. The van der Waals surface area contributed by atoms with Crippen LogP contribution in [-0.2, 0) is 12.5 Å². The number of rotatable bonds is 7. The zero-order valence-corrected chi connectivity index (χ0v) is 14.8. The van der Waals surface area contributed by atoms with Gasteiger partial charge in [0.25, 0.3) is 0 Å². The van der Waals surface area contributed by atoms with Crippen LogP contribution in [0.15, 0.2) is 67.3 Å². The van der Waals surface area contributed by atoms with Crippen LogP contribution in [0.4, 0.5) is 13.2 Å². The topological polar surface area (TPSA) is 18.5 Å². The van der Waals surface area contributed by atoms with Crippen LogP contribution < -0.4 is 9.47 Å². The van der Waals surface area contributed by atoms with Crippen molar-refractivity contribution in [3.8, 4) is 11.5 Å². The van der Waals surface area contributed by atoms with Crippen LogP contribution in [0.2, 0.25) is 0 Å². The standard InChI is InChI=1S/C22H19F3O2/c1-3-4-5-16-12-15-6-9-20(13-17(15)14-21(16)23)27-22(24,25)18-7-10-19(26-2)11-8-18/h3,6-14H,1,4-5H2,2H3. The summed E-state index contributed by atoms with van der Waals surface area (Å²) in [5, 5.41) is 1.26. The van der Waals surface area contributed by atoms with Gasteiger partial charge in [0.1, 0.15) is 17.3 Å². The van der Waals surface area contributed by atoms with Gasteiger partial charge in [-0.3, -0.25) is 0 Å². The lowest BCUT2D eigenvalue weighted by atomic mass is 10.0. The molecule has 0 saturated heterocycles. The summed E-state index contributed by atoms with van der Waals surface area (Å²) in [6, 6.07) is 12.9. The molecule has 0 aliphatic heterocycles. The first-order valence-corrected chi connectivity index (χ1v) is 8.47. The van der Waals surface area contributed by atoms with Gasteiger partial charge in [0, 0.05) is 0 Å². The van der Waals surface area contributed by atoms with Gasteiger partial charge < -0.3 is 9.47 Å². The van der Waals surface area contributed by atoms with Gasteiger partial charge in [-0.1, -0.05) is 12.1 Å². The highest BCUT2D eigenvalue weighted by Crippen LogP contribution is 2.34. The summed E-state index contributed by atoms with van der Waals surface area (Å²) in [7, 11) is 1.46. The molecular formula is C22H19F3O2. The van der Waals surface area contributed by atoms with E-state index in [-0.39, 0.29) is 17.1 Å². The van der Waals surface area contributed by atoms with Crippen molar-refractivity contribution in [1.29, 1.82) is 0 Å². The van der Waals surface area contributed by atoms with Crippen molar-refractivity contribution < 1.29 is 22.6 Å². The molecule has 0 atom stereocenters. The second kappa shape index (κ2) is 7.74. The van der Waals surface area contributed by atoms with Gasteiger partial charge in [-0.25, -0.2) is 4.39 Å². The SMILES string of the molecule is C=CCCc1cc2ccc(OC(F)(F)c3ccc(OC)cc3)cc2cc1F. The second-order valence-electron chi connectivity index (χ2n) is 6.13. The van der Waals surface area contributed by atoms with E-state index in [4.69, 9.17) is 9.47 Å². The second-order valence-corrected chi connectivity index (χ2v) is 6.13. The van der Waals surface area contributed by atoms with E-state index in [0.717, 1.165) is 5.39 Å². The number of ether oxygens (including phenoxy) is 2. The van der Waals surface area contributed by atoms with Crippen LogP contribution in [0.1, 0.15) is 17.5 Å².